The SMILES string of the molecule is CN(Cc1ccc(N2CCCCC2)cc1)C(=O)NCc1ccc(CN2CCCC2)cc1. The fourth-order valence-corrected chi connectivity index (χ4v) is 4.58. The molecule has 31 heavy (non-hydrogen) atoms. The quantitative estimate of drug-likeness (QED) is 0.711. The van der Waals surface area contributed by atoms with Crippen LogP contribution in [0.3, 0.4) is 0 Å². The smallest absolute Gasteiger partial charge is 0.317 e. The van der Waals surface area contributed by atoms with Gasteiger partial charge in [-0.1, -0.05) is 36.4 Å². The number of anilines is 1. The van der Waals surface area contributed by atoms with Crippen LogP contribution >= 0.6 is 0 Å². The third kappa shape index (κ3) is 6.23. The number of hydrogen-bond donors (Lipinski definition) is 1. The van der Waals surface area contributed by atoms with E-state index in [1.165, 1.54) is 56.4 Å². The van der Waals surface area contributed by atoms with Gasteiger partial charge in [0.25, 0.3) is 0 Å². The Morgan fingerprint density at radius 2 is 1.39 bits per heavy atom. The lowest BCUT2D eigenvalue weighted by atomic mass is 10.1. The highest BCUT2D eigenvalue weighted by molar-refractivity contribution is 5.73. The molecular formula is C26H36N4O. The molecule has 2 aliphatic rings. The summed E-state index contributed by atoms with van der Waals surface area (Å²) < 4.78 is 0. The fourth-order valence-electron chi connectivity index (χ4n) is 4.58. The first-order valence-corrected chi connectivity index (χ1v) is 11.8. The molecule has 0 aromatic heterocycles. The number of urea groups is 1. The topological polar surface area (TPSA) is 38.8 Å². The van der Waals surface area contributed by atoms with Crippen molar-refractivity contribution in [2.45, 2.75) is 51.7 Å². The molecule has 2 saturated heterocycles. The summed E-state index contributed by atoms with van der Waals surface area (Å²) in [5.41, 5.74) is 4.94. The van der Waals surface area contributed by atoms with E-state index in [-0.39, 0.29) is 6.03 Å². The minimum Gasteiger partial charge on any atom is -0.372 e. The third-order valence-corrected chi connectivity index (χ3v) is 6.50. The van der Waals surface area contributed by atoms with Crippen molar-refractivity contribution in [3.63, 3.8) is 0 Å². The average Bonchev–Trinajstić information content (AvgIpc) is 3.32. The zero-order valence-corrected chi connectivity index (χ0v) is 18.9. The van der Waals surface area contributed by atoms with Crippen molar-refractivity contribution in [2.24, 2.45) is 0 Å². The largest absolute Gasteiger partial charge is 0.372 e. The number of nitrogens with zero attached hydrogens (tertiary/aromatic N) is 3. The minimum atomic E-state index is -0.0405. The molecule has 0 spiro atoms. The van der Waals surface area contributed by atoms with Gasteiger partial charge in [-0.3, -0.25) is 4.90 Å². The van der Waals surface area contributed by atoms with Crippen molar-refractivity contribution in [2.75, 3.05) is 38.1 Å². The van der Waals surface area contributed by atoms with Gasteiger partial charge in [0.15, 0.2) is 0 Å². The number of likely N-dealkylation sites (tertiary alicyclic amines) is 1. The summed E-state index contributed by atoms with van der Waals surface area (Å²) in [7, 11) is 1.85. The van der Waals surface area contributed by atoms with E-state index in [1.54, 1.807) is 4.90 Å². The Morgan fingerprint density at radius 1 is 0.806 bits per heavy atom. The molecule has 2 amide bonds. The maximum Gasteiger partial charge on any atom is 0.317 e. The van der Waals surface area contributed by atoms with Crippen LogP contribution in [0.15, 0.2) is 48.5 Å². The van der Waals surface area contributed by atoms with Gasteiger partial charge in [0.1, 0.15) is 0 Å². The van der Waals surface area contributed by atoms with E-state index < -0.39 is 0 Å². The van der Waals surface area contributed by atoms with Crippen molar-refractivity contribution in [3.8, 4) is 0 Å². The molecule has 5 nitrogen and oxygen atoms in total. The Morgan fingerprint density at radius 3 is 2.06 bits per heavy atom. The van der Waals surface area contributed by atoms with E-state index >= 15 is 0 Å². The van der Waals surface area contributed by atoms with Crippen molar-refractivity contribution in [1.82, 2.24) is 15.1 Å². The van der Waals surface area contributed by atoms with Gasteiger partial charge in [0, 0.05) is 45.5 Å². The molecule has 2 heterocycles. The summed E-state index contributed by atoms with van der Waals surface area (Å²) in [5.74, 6) is 0. The summed E-state index contributed by atoms with van der Waals surface area (Å²) in [6.45, 7) is 6.94. The van der Waals surface area contributed by atoms with Crippen molar-refractivity contribution in [1.29, 1.82) is 0 Å². The molecular weight excluding hydrogens is 384 g/mol. The van der Waals surface area contributed by atoms with Crippen LogP contribution in [0.4, 0.5) is 10.5 Å². The normalized spacial score (nSPS) is 17.0. The number of carbonyl (C=O) groups excluding carboxylic acids is 1. The van der Waals surface area contributed by atoms with Gasteiger partial charge in [-0.15, -0.1) is 0 Å². The molecule has 2 aliphatic heterocycles. The zero-order chi connectivity index (χ0) is 21.5. The van der Waals surface area contributed by atoms with Crippen LogP contribution in [0.25, 0.3) is 0 Å². The second-order valence-corrected chi connectivity index (χ2v) is 9.03. The predicted octanol–water partition coefficient (Wildman–Crippen LogP) is 4.61. The summed E-state index contributed by atoms with van der Waals surface area (Å²) in [4.78, 5) is 19.2. The lowest BCUT2D eigenvalue weighted by Gasteiger charge is -2.29. The van der Waals surface area contributed by atoms with Crippen LogP contribution in [0, 0.1) is 0 Å². The third-order valence-electron chi connectivity index (χ3n) is 6.50. The van der Waals surface area contributed by atoms with Gasteiger partial charge in [-0.2, -0.15) is 0 Å². The van der Waals surface area contributed by atoms with Crippen LogP contribution in [0.2, 0.25) is 0 Å². The van der Waals surface area contributed by atoms with Crippen LogP contribution < -0.4 is 10.2 Å². The molecule has 1 N–H and O–H groups in total. The summed E-state index contributed by atoms with van der Waals surface area (Å²) in [5, 5.41) is 3.04. The standard InChI is InChI=1S/C26H36N4O/c1-28(20-23-11-13-25(14-12-23)30-17-3-2-4-18-30)26(31)27-19-22-7-9-24(10-8-22)21-29-15-5-6-16-29/h7-14H,2-6,15-21H2,1H3,(H,27,31). The number of rotatable bonds is 7. The van der Waals surface area contributed by atoms with E-state index in [0.717, 1.165) is 30.8 Å². The number of benzene rings is 2. The summed E-state index contributed by atoms with van der Waals surface area (Å²) in [6, 6.07) is 17.3. The predicted molar refractivity (Wildman–Crippen MR) is 127 cm³/mol. The highest BCUT2D eigenvalue weighted by Crippen LogP contribution is 2.20. The van der Waals surface area contributed by atoms with Crippen LogP contribution in [-0.2, 0) is 19.6 Å². The molecule has 2 aromatic carbocycles. The molecule has 2 fully saturated rings. The lowest BCUT2D eigenvalue weighted by molar-refractivity contribution is 0.206. The Hall–Kier alpha value is -2.53. The second-order valence-electron chi connectivity index (χ2n) is 9.03. The molecule has 2 aromatic rings. The Labute approximate surface area is 187 Å². The van der Waals surface area contributed by atoms with Gasteiger partial charge in [-0.25, -0.2) is 4.79 Å². The second kappa shape index (κ2) is 10.7. The molecule has 5 heteroatoms. The van der Waals surface area contributed by atoms with Crippen molar-refractivity contribution < 1.29 is 4.79 Å². The Balaban J connectivity index is 1.22. The van der Waals surface area contributed by atoms with Crippen LogP contribution in [0.1, 0.15) is 48.8 Å². The van der Waals surface area contributed by atoms with E-state index in [9.17, 15) is 4.79 Å². The van der Waals surface area contributed by atoms with Gasteiger partial charge in [-0.05, 0) is 74.0 Å². The average molecular weight is 421 g/mol. The van der Waals surface area contributed by atoms with Crippen molar-refractivity contribution in [3.05, 3.63) is 65.2 Å². The number of carbonyl (C=O) groups is 1. The van der Waals surface area contributed by atoms with Crippen molar-refractivity contribution >= 4 is 11.7 Å². The van der Waals surface area contributed by atoms with Gasteiger partial charge in [0.05, 0.1) is 0 Å². The first-order chi connectivity index (χ1) is 15.2. The summed E-state index contributed by atoms with van der Waals surface area (Å²) in [6.07, 6.45) is 6.55. The lowest BCUT2D eigenvalue weighted by Crippen LogP contribution is -2.36. The highest BCUT2D eigenvalue weighted by atomic mass is 16.2. The number of hydrogen-bond acceptors (Lipinski definition) is 3. The van der Waals surface area contributed by atoms with Crippen LogP contribution in [0.5, 0.6) is 0 Å². The number of piperidine rings is 1. The monoisotopic (exact) mass is 420 g/mol. The molecule has 0 saturated carbocycles. The maximum atomic E-state index is 12.5. The molecule has 0 radical (unpaired) electrons. The zero-order valence-electron chi connectivity index (χ0n) is 18.9. The molecule has 166 valence electrons. The van der Waals surface area contributed by atoms with E-state index in [4.69, 9.17) is 0 Å². The first-order valence-electron chi connectivity index (χ1n) is 11.8. The van der Waals surface area contributed by atoms with Gasteiger partial charge >= 0.3 is 6.03 Å². The maximum absolute atomic E-state index is 12.5. The van der Waals surface area contributed by atoms with E-state index in [2.05, 4.69) is 63.6 Å². The number of amides is 2. The van der Waals surface area contributed by atoms with Gasteiger partial charge in [0.2, 0.25) is 0 Å². The molecule has 0 atom stereocenters. The highest BCUT2D eigenvalue weighted by Gasteiger charge is 2.13. The molecule has 4 rings (SSSR count). The molecule has 0 bridgehead atoms. The molecule has 0 aliphatic carbocycles. The number of nitrogens with one attached hydrogen (secondary N) is 1. The minimum absolute atomic E-state index is 0.0405. The fraction of sp³-hybridized carbons (Fsp3) is 0.500. The van der Waals surface area contributed by atoms with Gasteiger partial charge < -0.3 is 15.1 Å². The molecule has 0 unspecified atom stereocenters. The Kier molecular flexibility index (Phi) is 7.47. The van der Waals surface area contributed by atoms with E-state index in [0.29, 0.717) is 13.1 Å². The summed E-state index contributed by atoms with van der Waals surface area (Å²) >= 11 is 0. The first kappa shape index (κ1) is 21.7. The van der Waals surface area contributed by atoms with E-state index in [1.807, 2.05) is 7.05 Å². The van der Waals surface area contributed by atoms with Crippen LogP contribution in [-0.4, -0.2) is 49.1 Å². The Bertz CT molecular complexity index is 821.